The Morgan fingerprint density at radius 1 is 0.920 bits per heavy atom. The summed E-state index contributed by atoms with van der Waals surface area (Å²) in [5.41, 5.74) is 6.01. The number of nitrogens with zero attached hydrogens (tertiary/aromatic N) is 2. The molecule has 0 aromatic heterocycles. The van der Waals surface area contributed by atoms with Gasteiger partial charge < -0.3 is 9.64 Å². The summed E-state index contributed by atoms with van der Waals surface area (Å²) in [7, 11) is 0. The molecule has 1 aliphatic carbocycles. The zero-order valence-electron chi connectivity index (χ0n) is 14.7. The van der Waals surface area contributed by atoms with Crippen molar-refractivity contribution in [3.63, 3.8) is 0 Å². The van der Waals surface area contributed by atoms with E-state index in [1.807, 2.05) is 0 Å². The largest absolute Gasteiger partial charge is 0.378 e. The first-order chi connectivity index (χ1) is 12.4. The fourth-order valence-corrected chi connectivity index (χ4v) is 4.87. The van der Waals surface area contributed by atoms with Crippen LogP contribution in [0.25, 0.3) is 0 Å². The maximum absolute atomic E-state index is 5.52. The molecule has 0 saturated carbocycles. The fraction of sp³-hybridized carbons (Fsp3) is 0.455. The molecule has 0 spiro atoms. The van der Waals surface area contributed by atoms with E-state index in [0.717, 1.165) is 38.8 Å². The maximum Gasteiger partial charge on any atom is 0.0642 e. The Balaban J connectivity index is 1.42. The van der Waals surface area contributed by atoms with Crippen LogP contribution in [0.2, 0.25) is 0 Å². The van der Waals surface area contributed by atoms with Gasteiger partial charge in [-0.3, -0.25) is 4.90 Å². The lowest BCUT2D eigenvalue weighted by molar-refractivity contribution is 0.122. The SMILES string of the molecule is c1ccc(CN2CCC3CC2c2cc(N4CCOCC4)ccc23)cc1. The summed E-state index contributed by atoms with van der Waals surface area (Å²) < 4.78 is 5.52. The van der Waals surface area contributed by atoms with E-state index in [9.17, 15) is 0 Å². The molecule has 3 nitrogen and oxygen atoms in total. The van der Waals surface area contributed by atoms with Crippen LogP contribution in [0.1, 0.15) is 41.5 Å². The van der Waals surface area contributed by atoms with Crippen LogP contribution in [0.15, 0.2) is 48.5 Å². The van der Waals surface area contributed by atoms with Gasteiger partial charge >= 0.3 is 0 Å². The molecule has 2 fully saturated rings. The molecule has 0 amide bonds. The molecule has 3 aliphatic rings. The molecule has 5 rings (SSSR count). The summed E-state index contributed by atoms with van der Waals surface area (Å²) in [6, 6.07) is 18.8. The molecule has 2 atom stereocenters. The monoisotopic (exact) mass is 334 g/mol. The first-order valence-corrected chi connectivity index (χ1v) is 9.63. The number of benzene rings is 2. The van der Waals surface area contributed by atoms with Crippen LogP contribution < -0.4 is 4.90 Å². The van der Waals surface area contributed by atoms with Gasteiger partial charge in [0.05, 0.1) is 13.2 Å². The predicted octanol–water partition coefficient (Wildman–Crippen LogP) is 3.96. The van der Waals surface area contributed by atoms with Crippen LogP contribution in [0.5, 0.6) is 0 Å². The summed E-state index contributed by atoms with van der Waals surface area (Å²) >= 11 is 0. The predicted molar refractivity (Wildman–Crippen MR) is 101 cm³/mol. The second-order valence-corrected chi connectivity index (χ2v) is 7.61. The van der Waals surface area contributed by atoms with E-state index in [1.165, 1.54) is 30.6 Å². The van der Waals surface area contributed by atoms with Crippen LogP contribution in [-0.4, -0.2) is 37.7 Å². The van der Waals surface area contributed by atoms with Crippen molar-refractivity contribution in [3.8, 4) is 0 Å². The Kier molecular flexibility index (Phi) is 3.99. The van der Waals surface area contributed by atoms with Gasteiger partial charge in [-0.25, -0.2) is 0 Å². The van der Waals surface area contributed by atoms with Crippen LogP contribution in [0.3, 0.4) is 0 Å². The molecule has 2 heterocycles. The number of fused-ring (bicyclic) bond motifs is 5. The van der Waals surface area contributed by atoms with Crippen molar-refractivity contribution in [2.45, 2.75) is 31.3 Å². The lowest BCUT2D eigenvalue weighted by Crippen LogP contribution is -2.36. The van der Waals surface area contributed by atoms with Crippen molar-refractivity contribution in [2.75, 3.05) is 37.7 Å². The zero-order valence-corrected chi connectivity index (χ0v) is 14.7. The average Bonchev–Trinajstić information content (AvgIpc) is 2.98. The molecular formula is C22H26N2O. The second kappa shape index (κ2) is 6.47. The third-order valence-electron chi connectivity index (χ3n) is 6.19. The summed E-state index contributed by atoms with van der Waals surface area (Å²) in [5.74, 6) is 0.769. The Labute approximate surface area is 150 Å². The third kappa shape index (κ3) is 2.86. The number of morpholine rings is 1. The molecule has 2 aromatic rings. The Bertz CT molecular complexity index is 739. The Hall–Kier alpha value is -1.84. The minimum atomic E-state index is 0.593. The fourth-order valence-electron chi connectivity index (χ4n) is 4.87. The molecular weight excluding hydrogens is 308 g/mol. The van der Waals surface area contributed by atoms with Crippen LogP contribution in [0, 0.1) is 0 Å². The minimum absolute atomic E-state index is 0.593. The number of rotatable bonds is 3. The number of hydrogen-bond donors (Lipinski definition) is 0. The van der Waals surface area contributed by atoms with Gasteiger partial charge in [0.25, 0.3) is 0 Å². The number of hydrogen-bond acceptors (Lipinski definition) is 3. The summed E-state index contributed by atoms with van der Waals surface area (Å²) in [4.78, 5) is 5.17. The molecule has 0 radical (unpaired) electrons. The molecule has 25 heavy (non-hydrogen) atoms. The van der Waals surface area contributed by atoms with E-state index in [-0.39, 0.29) is 0 Å². The maximum atomic E-state index is 5.52. The summed E-state index contributed by atoms with van der Waals surface area (Å²) in [6.45, 7) is 6.01. The molecule has 2 unspecified atom stereocenters. The molecule has 0 N–H and O–H groups in total. The highest BCUT2D eigenvalue weighted by Gasteiger charge is 2.38. The molecule has 2 aromatic carbocycles. The van der Waals surface area contributed by atoms with E-state index in [1.54, 1.807) is 11.1 Å². The quantitative estimate of drug-likeness (QED) is 0.845. The van der Waals surface area contributed by atoms with E-state index in [2.05, 4.69) is 58.3 Å². The topological polar surface area (TPSA) is 15.7 Å². The van der Waals surface area contributed by atoms with E-state index < -0.39 is 0 Å². The number of piperidine rings is 1. The van der Waals surface area contributed by atoms with E-state index >= 15 is 0 Å². The first kappa shape index (κ1) is 15.4. The Morgan fingerprint density at radius 2 is 1.76 bits per heavy atom. The lowest BCUT2D eigenvalue weighted by atomic mass is 9.95. The molecule has 2 saturated heterocycles. The van der Waals surface area contributed by atoms with Crippen molar-refractivity contribution >= 4 is 5.69 Å². The number of ether oxygens (including phenoxy) is 1. The van der Waals surface area contributed by atoms with Gasteiger partial charge in [0.2, 0.25) is 0 Å². The van der Waals surface area contributed by atoms with Crippen molar-refractivity contribution in [2.24, 2.45) is 0 Å². The van der Waals surface area contributed by atoms with Gasteiger partial charge in [0, 0.05) is 31.4 Å². The highest BCUT2D eigenvalue weighted by molar-refractivity contribution is 5.55. The van der Waals surface area contributed by atoms with Crippen LogP contribution in [0.4, 0.5) is 5.69 Å². The van der Waals surface area contributed by atoms with Gasteiger partial charge in [-0.2, -0.15) is 0 Å². The van der Waals surface area contributed by atoms with Crippen LogP contribution >= 0.6 is 0 Å². The third-order valence-corrected chi connectivity index (χ3v) is 6.19. The molecule has 3 heteroatoms. The van der Waals surface area contributed by atoms with Gasteiger partial charge in [-0.15, -0.1) is 0 Å². The normalized spacial score (nSPS) is 25.8. The molecule has 130 valence electrons. The number of anilines is 1. The summed E-state index contributed by atoms with van der Waals surface area (Å²) in [5, 5.41) is 0. The summed E-state index contributed by atoms with van der Waals surface area (Å²) in [6.07, 6.45) is 2.60. The highest BCUT2D eigenvalue weighted by Crippen LogP contribution is 2.50. The first-order valence-electron chi connectivity index (χ1n) is 9.63. The van der Waals surface area contributed by atoms with Gasteiger partial charge in [0.1, 0.15) is 0 Å². The lowest BCUT2D eigenvalue weighted by Gasteiger charge is -2.34. The average molecular weight is 334 g/mol. The number of likely N-dealkylation sites (tertiary alicyclic amines) is 1. The highest BCUT2D eigenvalue weighted by atomic mass is 16.5. The van der Waals surface area contributed by atoms with Crippen LogP contribution in [-0.2, 0) is 11.3 Å². The van der Waals surface area contributed by atoms with Crippen molar-refractivity contribution in [3.05, 3.63) is 65.2 Å². The molecule has 2 bridgehead atoms. The Morgan fingerprint density at radius 3 is 2.60 bits per heavy atom. The van der Waals surface area contributed by atoms with Crippen molar-refractivity contribution in [1.29, 1.82) is 0 Å². The smallest absolute Gasteiger partial charge is 0.0642 e. The van der Waals surface area contributed by atoms with Gasteiger partial charge in [-0.1, -0.05) is 36.4 Å². The minimum Gasteiger partial charge on any atom is -0.378 e. The second-order valence-electron chi connectivity index (χ2n) is 7.61. The van der Waals surface area contributed by atoms with Gasteiger partial charge in [-0.05, 0) is 54.1 Å². The van der Waals surface area contributed by atoms with Crippen molar-refractivity contribution in [1.82, 2.24) is 4.90 Å². The van der Waals surface area contributed by atoms with E-state index in [4.69, 9.17) is 4.74 Å². The van der Waals surface area contributed by atoms with Gasteiger partial charge in [0.15, 0.2) is 0 Å². The van der Waals surface area contributed by atoms with Crippen molar-refractivity contribution < 1.29 is 4.74 Å². The zero-order chi connectivity index (χ0) is 16.6. The standard InChI is InChI=1S/C22H26N2O/c1-2-4-17(5-3-1)16-24-9-8-18-14-22(24)21-15-19(6-7-20(18)21)23-10-12-25-13-11-23/h1-7,15,18,22H,8-14,16H2. The molecule has 2 aliphatic heterocycles. The van der Waals surface area contributed by atoms with E-state index in [0.29, 0.717) is 6.04 Å².